The highest BCUT2D eigenvalue weighted by molar-refractivity contribution is 7.09. The number of piperazine rings is 1. The van der Waals surface area contributed by atoms with E-state index in [0.29, 0.717) is 6.04 Å². The van der Waals surface area contributed by atoms with Gasteiger partial charge in [-0.3, -0.25) is 9.80 Å². The summed E-state index contributed by atoms with van der Waals surface area (Å²) in [4.78, 5) is 9.38. The van der Waals surface area contributed by atoms with E-state index in [-0.39, 0.29) is 6.61 Å². The number of thiazole rings is 1. The van der Waals surface area contributed by atoms with Crippen LogP contribution in [0, 0.1) is 13.8 Å². The molecule has 1 aromatic carbocycles. The topological polar surface area (TPSA) is 48.8 Å². The molecule has 26 heavy (non-hydrogen) atoms. The van der Waals surface area contributed by atoms with Crippen LogP contribution in [0.1, 0.15) is 28.1 Å². The molecule has 1 saturated heterocycles. The molecule has 1 fully saturated rings. The van der Waals surface area contributed by atoms with Crippen LogP contribution in [-0.4, -0.2) is 59.3 Å². The summed E-state index contributed by atoms with van der Waals surface area (Å²) in [5.74, 6) is 0.950. The molecule has 142 valence electrons. The lowest BCUT2D eigenvalue weighted by molar-refractivity contribution is 0.0498. The third-order valence-electron chi connectivity index (χ3n) is 5.44. The second-order valence-corrected chi connectivity index (χ2v) is 7.95. The number of hydrogen-bond donors (Lipinski definition) is 1. The van der Waals surface area contributed by atoms with Crippen molar-refractivity contribution < 1.29 is 9.84 Å². The first-order chi connectivity index (χ1) is 12.6. The molecule has 0 unspecified atom stereocenters. The molecule has 5 nitrogen and oxygen atoms in total. The Bertz CT molecular complexity index is 705. The molecule has 6 heteroatoms. The molecule has 0 bridgehead atoms. The van der Waals surface area contributed by atoms with E-state index in [1.807, 2.05) is 11.6 Å². The van der Waals surface area contributed by atoms with Crippen molar-refractivity contribution in [1.29, 1.82) is 0 Å². The van der Waals surface area contributed by atoms with Crippen molar-refractivity contribution >= 4 is 11.3 Å². The third-order valence-corrected chi connectivity index (χ3v) is 6.20. The van der Waals surface area contributed by atoms with E-state index in [2.05, 4.69) is 40.8 Å². The van der Waals surface area contributed by atoms with Crippen molar-refractivity contribution in [2.75, 3.05) is 33.4 Å². The van der Waals surface area contributed by atoms with Crippen molar-refractivity contribution in [3.63, 3.8) is 0 Å². The lowest BCUT2D eigenvalue weighted by Gasteiger charge is -2.41. The normalized spacial score (nSPS) is 19.0. The fourth-order valence-corrected chi connectivity index (χ4v) is 4.37. The molecule has 1 aliphatic heterocycles. The summed E-state index contributed by atoms with van der Waals surface area (Å²) in [6.45, 7) is 9.39. The average Bonchev–Trinajstić information content (AvgIpc) is 3.14. The molecule has 3 rings (SSSR count). The maximum atomic E-state index is 9.54. The van der Waals surface area contributed by atoms with Gasteiger partial charge in [-0.05, 0) is 43.0 Å². The van der Waals surface area contributed by atoms with Gasteiger partial charge in [0.2, 0.25) is 0 Å². The number of ether oxygens (including phenoxy) is 1. The maximum absolute atomic E-state index is 9.54. The van der Waals surface area contributed by atoms with E-state index in [9.17, 15) is 5.11 Å². The predicted molar refractivity (Wildman–Crippen MR) is 106 cm³/mol. The van der Waals surface area contributed by atoms with Crippen LogP contribution in [-0.2, 0) is 13.1 Å². The average molecular weight is 376 g/mol. The fraction of sp³-hybridized carbons (Fsp3) is 0.550. The van der Waals surface area contributed by atoms with Crippen LogP contribution in [0.4, 0.5) is 0 Å². The van der Waals surface area contributed by atoms with Gasteiger partial charge in [-0.15, -0.1) is 11.3 Å². The zero-order valence-corrected chi connectivity index (χ0v) is 16.8. The largest absolute Gasteiger partial charge is 0.496 e. The van der Waals surface area contributed by atoms with Gasteiger partial charge < -0.3 is 9.84 Å². The maximum Gasteiger partial charge on any atom is 0.122 e. The van der Waals surface area contributed by atoms with Crippen molar-refractivity contribution in [3.05, 3.63) is 45.4 Å². The summed E-state index contributed by atoms with van der Waals surface area (Å²) in [6, 6.07) is 4.62. The lowest BCUT2D eigenvalue weighted by Crippen LogP contribution is -2.52. The summed E-state index contributed by atoms with van der Waals surface area (Å²) in [6.07, 6.45) is 2.68. The van der Waals surface area contributed by atoms with E-state index in [1.165, 1.54) is 21.7 Å². The van der Waals surface area contributed by atoms with E-state index in [0.717, 1.165) is 44.9 Å². The van der Waals surface area contributed by atoms with E-state index in [1.54, 1.807) is 18.4 Å². The Labute approximate surface area is 160 Å². The van der Waals surface area contributed by atoms with Crippen LogP contribution in [0.5, 0.6) is 5.75 Å². The summed E-state index contributed by atoms with van der Waals surface area (Å²) >= 11 is 1.71. The summed E-state index contributed by atoms with van der Waals surface area (Å²) in [5.41, 5.74) is 3.86. The zero-order chi connectivity index (χ0) is 18.5. The van der Waals surface area contributed by atoms with Gasteiger partial charge in [0, 0.05) is 50.4 Å². The molecular formula is C20H29N3O2S. The summed E-state index contributed by atoms with van der Waals surface area (Å²) < 4.78 is 5.44. The van der Waals surface area contributed by atoms with E-state index in [4.69, 9.17) is 4.74 Å². The minimum absolute atomic E-state index is 0.229. The number of benzene rings is 1. The Morgan fingerprint density at radius 3 is 2.77 bits per heavy atom. The van der Waals surface area contributed by atoms with Gasteiger partial charge in [0.15, 0.2) is 0 Å². The first-order valence-electron chi connectivity index (χ1n) is 9.21. The second kappa shape index (κ2) is 8.95. The Morgan fingerprint density at radius 1 is 1.23 bits per heavy atom. The number of aromatic nitrogens is 1. The monoisotopic (exact) mass is 375 g/mol. The Kier molecular flexibility index (Phi) is 6.64. The molecule has 0 aliphatic carbocycles. The first kappa shape index (κ1) is 19.3. The van der Waals surface area contributed by atoms with Crippen molar-refractivity contribution in [3.8, 4) is 5.75 Å². The van der Waals surface area contributed by atoms with E-state index < -0.39 is 0 Å². The highest BCUT2D eigenvalue weighted by atomic mass is 32.1. The molecule has 1 N–H and O–H groups in total. The Balaban J connectivity index is 1.68. The number of aliphatic hydroxyl groups is 1. The summed E-state index contributed by atoms with van der Waals surface area (Å²) in [5, 5.41) is 12.7. The van der Waals surface area contributed by atoms with Crippen LogP contribution in [0.25, 0.3) is 0 Å². The quantitative estimate of drug-likeness (QED) is 0.806. The number of nitrogens with zero attached hydrogens (tertiary/aromatic N) is 3. The molecule has 0 spiro atoms. The first-order valence-corrected chi connectivity index (χ1v) is 10.1. The fourth-order valence-electron chi connectivity index (χ4n) is 3.72. The molecule has 1 aliphatic rings. The lowest BCUT2D eigenvalue weighted by atomic mass is 10.00. The minimum Gasteiger partial charge on any atom is -0.496 e. The Morgan fingerprint density at radius 2 is 2.08 bits per heavy atom. The highest BCUT2D eigenvalue weighted by Crippen LogP contribution is 2.26. The molecule has 0 amide bonds. The predicted octanol–water partition coefficient (Wildman–Crippen LogP) is 2.84. The van der Waals surface area contributed by atoms with Gasteiger partial charge in [0.25, 0.3) is 0 Å². The number of hydrogen-bond acceptors (Lipinski definition) is 6. The van der Waals surface area contributed by atoms with Crippen molar-refractivity contribution in [1.82, 2.24) is 14.8 Å². The zero-order valence-electron chi connectivity index (χ0n) is 15.9. The second-order valence-electron chi connectivity index (χ2n) is 6.97. The summed E-state index contributed by atoms with van der Waals surface area (Å²) in [7, 11) is 1.72. The molecule has 2 heterocycles. The highest BCUT2D eigenvalue weighted by Gasteiger charge is 2.27. The molecule has 1 atom stereocenters. The third kappa shape index (κ3) is 4.43. The van der Waals surface area contributed by atoms with Crippen molar-refractivity contribution in [2.45, 2.75) is 39.4 Å². The van der Waals surface area contributed by atoms with Gasteiger partial charge >= 0.3 is 0 Å². The van der Waals surface area contributed by atoms with Crippen molar-refractivity contribution in [2.24, 2.45) is 0 Å². The molecule has 1 aromatic heterocycles. The van der Waals surface area contributed by atoms with Gasteiger partial charge in [0.05, 0.1) is 13.7 Å². The van der Waals surface area contributed by atoms with Crippen LogP contribution in [0.15, 0.2) is 23.7 Å². The number of aliphatic hydroxyl groups excluding tert-OH is 1. The van der Waals surface area contributed by atoms with Gasteiger partial charge in [-0.1, -0.05) is 6.07 Å². The number of methoxy groups -OCH3 is 1. The van der Waals surface area contributed by atoms with Gasteiger partial charge in [0.1, 0.15) is 10.8 Å². The van der Waals surface area contributed by atoms with Crippen LogP contribution in [0.3, 0.4) is 0 Å². The Hall–Kier alpha value is -1.47. The van der Waals surface area contributed by atoms with Gasteiger partial charge in [-0.25, -0.2) is 4.98 Å². The SMILES string of the molecule is COc1ccc(CN2CCN(Cc3nccs3)C[C@@H]2CCO)c(C)c1C. The van der Waals surface area contributed by atoms with Crippen LogP contribution in [0.2, 0.25) is 0 Å². The molecule has 0 saturated carbocycles. The van der Waals surface area contributed by atoms with Gasteiger partial charge in [-0.2, -0.15) is 0 Å². The minimum atomic E-state index is 0.229. The molecule has 0 radical (unpaired) electrons. The van der Waals surface area contributed by atoms with E-state index >= 15 is 0 Å². The van der Waals surface area contributed by atoms with Crippen LogP contribution < -0.4 is 4.74 Å². The molecule has 2 aromatic rings. The number of rotatable bonds is 7. The smallest absolute Gasteiger partial charge is 0.122 e. The van der Waals surface area contributed by atoms with Crippen LogP contribution >= 0.6 is 11.3 Å². The standard InChI is InChI=1S/C20H29N3O2S/c1-15-16(2)19(25-3)5-4-17(15)12-23-9-8-22(13-18(23)6-10-24)14-20-21-7-11-26-20/h4-5,7,11,18,24H,6,8-10,12-14H2,1-3H3/t18-/m0/s1. The molecular weight excluding hydrogens is 346 g/mol.